The zero-order valence-corrected chi connectivity index (χ0v) is 17.7. The van der Waals surface area contributed by atoms with Crippen LogP contribution in [0.3, 0.4) is 0 Å². The van der Waals surface area contributed by atoms with Crippen molar-refractivity contribution in [3.8, 4) is 5.75 Å². The first-order valence-corrected chi connectivity index (χ1v) is 9.91. The molecule has 10 heteroatoms. The van der Waals surface area contributed by atoms with Gasteiger partial charge in [-0.15, -0.1) is 0 Å². The van der Waals surface area contributed by atoms with Crippen molar-refractivity contribution < 1.29 is 35.9 Å². The van der Waals surface area contributed by atoms with Crippen molar-refractivity contribution >= 4 is 38.3 Å². The largest absolute Gasteiger partial charge is 0.489 e. The number of benzene rings is 3. The zero-order chi connectivity index (χ0) is 22.6. The van der Waals surface area contributed by atoms with Crippen LogP contribution in [-0.4, -0.2) is 24.4 Å². The van der Waals surface area contributed by atoms with Gasteiger partial charge in [0, 0.05) is 24.4 Å². The molecule has 0 fully saturated rings. The van der Waals surface area contributed by atoms with Crippen molar-refractivity contribution in [3.63, 3.8) is 0 Å². The maximum atomic E-state index is 13.3. The average Bonchev–Trinajstić information content (AvgIpc) is 2.72. The third-order valence-corrected chi connectivity index (χ3v) is 5.36. The molecule has 1 unspecified atom stereocenters. The second kappa shape index (κ2) is 10.6. The third kappa shape index (κ3) is 6.62. The SMILES string of the molecule is O=C(Pc1ccc(OCc2ccccc2)cc1)c1c(C(F)(F)F)cccc1C(F)(F)F.[Li]. The Balaban J connectivity index is 0.00000363. The average molecular weight is 463 g/mol. The predicted molar refractivity (Wildman–Crippen MR) is 112 cm³/mol. The van der Waals surface area contributed by atoms with Crippen molar-refractivity contribution in [2.24, 2.45) is 0 Å². The van der Waals surface area contributed by atoms with Gasteiger partial charge in [0.1, 0.15) is 12.4 Å². The van der Waals surface area contributed by atoms with E-state index in [1.54, 1.807) is 0 Å². The van der Waals surface area contributed by atoms with Gasteiger partial charge in [0.2, 0.25) is 0 Å². The van der Waals surface area contributed by atoms with Crippen LogP contribution in [0.1, 0.15) is 27.0 Å². The molecule has 0 aliphatic carbocycles. The van der Waals surface area contributed by atoms with Gasteiger partial charge >= 0.3 is 12.4 Å². The van der Waals surface area contributed by atoms with Crippen LogP contribution in [0, 0.1) is 0 Å². The van der Waals surface area contributed by atoms with Crippen LogP contribution in [0.5, 0.6) is 5.75 Å². The zero-order valence-electron chi connectivity index (χ0n) is 16.7. The maximum absolute atomic E-state index is 13.3. The molecule has 0 aliphatic rings. The summed E-state index contributed by atoms with van der Waals surface area (Å²) < 4.78 is 85.1. The number of carbonyl (C=O) groups excluding carboxylic acids is 1. The van der Waals surface area contributed by atoms with Crippen LogP contribution >= 0.6 is 8.58 Å². The standard InChI is InChI=1S/C22H15F6O2P.Li/c23-21(24,25)17-7-4-8-18(22(26,27)28)19(17)20(29)31-16-11-9-15(10-12-16)30-13-14-5-2-1-3-6-14;/h1-12,31H,13H2;. The molecular weight excluding hydrogens is 448 g/mol. The normalized spacial score (nSPS) is 11.9. The molecule has 3 rings (SSSR count). The van der Waals surface area contributed by atoms with E-state index >= 15 is 0 Å². The molecule has 0 saturated heterocycles. The molecule has 3 aromatic carbocycles. The summed E-state index contributed by atoms with van der Waals surface area (Å²) >= 11 is 0. The Morgan fingerprint density at radius 2 is 1.28 bits per heavy atom. The number of hydrogen-bond donors (Lipinski definition) is 0. The van der Waals surface area contributed by atoms with Crippen LogP contribution in [0.2, 0.25) is 0 Å². The first kappa shape index (κ1) is 26.0. The van der Waals surface area contributed by atoms with E-state index in [-0.39, 0.29) is 25.5 Å². The molecule has 1 atom stereocenters. The summed E-state index contributed by atoms with van der Waals surface area (Å²) in [4.78, 5) is 12.5. The Morgan fingerprint density at radius 1 is 0.750 bits per heavy atom. The Morgan fingerprint density at radius 3 is 1.78 bits per heavy atom. The van der Waals surface area contributed by atoms with Gasteiger partial charge in [0.05, 0.1) is 11.1 Å². The van der Waals surface area contributed by atoms with Gasteiger partial charge < -0.3 is 4.74 Å². The Bertz CT molecular complexity index is 1020. The molecule has 1 radical (unpaired) electrons. The van der Waals surface area contributed by atoms with Crippen molar-refractivity contribution in [1.82, 2.24) is 0 Å². The second-order valence-electron chi connectivity index (χ2n) is 6.48. The summed E-state index contributed by atoms with van der Waals surface area (Å²) in [7, 11) is -0.917. The van der Waals surface area contributed by atoms with Crippen LogP contribution in [-0.2, 0) is 19.0 Å². The number of ether oxygens (including phenoxy) is 1. The summed E-state index contributed by atoms with van der Waals surface area (Å²) in [6.07, 6.45) is -10.2. The first-order valence-electron chi connectivity index (χ1n) is 8.91. The first-order chi connectivity index (χ1) is 14.6. The van der Waals surface area contributed by atoms with Crippen molar-refractivity contribution in [2.45, 2.75) is 19.0 Å². The Labute approximate surface area is 193 Å². The molecule has 0 bridgehead atoms. The minimum atomic E-state index is -5.09. The van der Waals surface area contributed by atoms with E-state index in [0.717, 1.165) is 5.56 Å². The van der Waals surface area contributed by atoms with E-state index in [1.807, 2.05) is 30.3 Å². The van der Waals surface area contributed by atoms with E-state index in [0.29, 0.717) is 29.3 Å². The van der Waals surface area contributed by atoms with Gasteiger partial charge in [-0.05, 0) is 43.7 Å². The van der Waals surface area contributed by atoms with E-state index in [4.69, 9.17) is 4.74 Å². The second-order valence-corrected chi connectivity index (χ2v) is 7.76. The van der Waals surface area contributed by atoms with Crippen LogP contribution in [0.25, 0.3) is 0 Å². The number of rotatable bonds is 6. The molecule has 0 spiro atoms. The quantitative estimate of drug-likeness (QED) is 0.252. The van der Waals surface area contributed by atoms with Crippen molar-refractivity contribution in [3.05, 3.63) is 95.1 Å². The predicted octanol–water partition coefficient (Wildman–Crippen LogP) is 6.07. The fourth-order valence-corrected chi connectivity index (χ4v) is 3.83. The van der Waals surface area contributed by atoms with E-state index < -0.39 is 43.1 Å². The molecule has 3 aromatic rings. The molecule has 0 amide bonds. The minimum absolute atomic E-state index is 0. The van der Waals surface area contributed by atoms with Crippen LogP contribution in [0.4, 0.5) is 26.3 Å². The molecule has 0 heterocycles. The van der Waals surface area contributed by atoms with Crippen molar-refractivity contribution in [2.75, 3.05) is 0 Å². The summed E-state index contributed by atoms with van der Waals surface area (Å²) in [6, 6.07) is 16.8. The molecule has 0 aromatic heterocycles. The van der Waals surface area contributed by atoms with Crippen LogP contribution < -0.4 is 10.0 Å². The number of alkyl halides is 6. The minimum Gasteiger partial charge on any atom is -0.489 e. The summed E-state index contributed by atoms with van der Waals surface area (Å²) in [5.74, 6) is 0.455. The van der Waals surface area contributed by atoms with Gasteiger partial charge in [-0.2, -0.15) is 26.3 Å². The van der Waals surface area contributed by atoms with Gasteiger partial charge in [0.25, 0.3) is 0 Å². The van der Waals surface area contributed by atoms with Gasteiger partial charge in [-0.3, -0.25) is 4.79 Å². The number of halogens is 6. The maximum Gasteiger partial charge on any atom is 0.417 e. The third-order valence-electron chi connectivity index (χ3n) is 4.26. The smallest absolute Gasteiger partial charge is 0.417 e. The molecule has 0 aliphatic heterocycles. The molecule has 0 saturated carbocycles. The Kier molecular flexibility index (Phi) is 8.59. The van der Waals surface area contributed by atoms with Gasteiger partial charge in [0.15, 0.2) is 5.52 Å². The Hall–Kier alpha value is -2.26. The summed E-state index contributed by atoms with van der Waals surface area (Å²) in [5, 5.41) is 0.294. The van der Waals surface area contributed by atoms with Gasteiger partial charge in [-0.25, -0.2) is 0 Å². The van der Waals surface area contributed by atoms with Crippen LogP contribution in [0.15, 0.2) is 72.8 Å². The topological polar surface area (TPSA) is 26.3 Å². The van der Waals surface area contributed by atoms with Gasteiger partial charge in [-0.1, -0.05) is 48.5 Å². The number of carbonyl (C=O) groups is 1. The summed E-state index contributed by atoms with van der Waals surface area (Å²) in [5.41, 5.74) is -4.86. The molecular formula is C22H15F6LiO2P. The molecule has 0 N–H and O–H groups in total. The molecule has 163 valence electrons. The van der Waals surface area contributed by atoms with E-state index in [1.165, 1.54) is 24.3 Å². The number of hydrogen-bond acceptors (Lipinski definition) is 2. The van der Waals surface area contributed by atoms with E-state index in [2.05, 4.69) is 0 Å². The fourth-order valence-electron chi connectivity index (χ4n) is 2.84. The fraction of sp³-hybridized carbons (Fsp3) is 0.136. The molecule has 32 heavy (non-hydrogen) atoms. The monoisotopic (exact) mass is 463 g/mol. The molecule has 2 nitrogen and oxygen atoms in total. The summed E-state index contributed by atoms with van der Waals surface area (Å²) in [6.45, 7) is 0.287. The van der Waals surface area contributed by atoms with E-state index in [9.17, 15) is 31.1 Å². The van der Waals surface area contributed by atoms with Crippen molar-refractivity contribution in [1.29, 1.82) is 0 Å².